The monoisotopic (exact) mass is 171 g/mol. The van der Waals surface area contributed by atoms with E-state index in [2.05, 4.69) is 3.63 Å². The van der Waals surface area contributed by atoms with Crippen molar-refractivity contribution >= 4 is 20.2 Å². The highest BCUT2D eigenvalue weighted by Gasteiger charge is 2.11. The third kappa shape index (κ3) is 7.86. The van der Waals surface area contributed by atoms with Gasteiger partial charge in [-0.15, -0.1) is 3.63 Å². The molecule has 9 heavy (non-hydrogen) atoms. The first-order valence-corrected chi connectivity index (χ1v) is 4.84. The maximum absolute atomic E-state index is 9.93. The Morgan fingerprint density at radius 2 is 1.56 bits per heavy atom. The Balaban J connectivity index is 4.46. The van der Waals surface area contributed by atoms with Crippen LogP contribution >= 0.6 is 0 Å². The molecule has 0 aliphatic carbocycles. The largest absolute Gasteiger partial charge is 0.293 e. The summed E-state index contributed by atoms with van der Waals surface area (Å²) in [6, 6.07) is 0. The summed E-state index contributed by atoms with van der Waals surface area (Å²) in [5.74, 6) is 0. The van der Waals surface area contributed by atoms with E-state index < -0.39 is 20.2 Å². The summed E-state index contributed by atoms with van der Waals surface area (Å²) in [6.07, 6.45) is 6.50. The molecule has 0 fully saturated rings. The Labute approximate surface area is 53.9 Å². The molecule has 0 atom stereocenters. The van der Waals surface area contributed by atoms with Gasteiger partial charge in [0.2, 0.25) is 0 Å². The quantitative estimate of drug-likeness (QED) is 0.523. The molecular weight excluding hydrogens is 168 g/mol. The average Bonchev–Trinajstić information content (AvgIpc) is 1.14. The molecule has 7 heteroatoms. The van der Waals surface area contributed by atoms with Crippen molar-refractivity contribution in [1.82, 2.24) is 0 Å². The fraction of sp³-hybridized carbons (Fsp3) is 0.500. The molecule has 0 rings (SSSR count). The summed E-state index contributed by atoms with van der Waals surface area (Å²) in [4.78, 5) is 0. The summed E-state index contributed by atoms with van der Waals surface area (Å²) in [5.41, 5.74) is 0. The summed E-state index contributed by atoms with van der Waals surface area (Å²) >= 11 is 0. The highest BCUT2D eigenvalue weighted by atomic mass is 32.3. The molecule has 0 unspecified atom stereocenters. The van der Waals surface area contributed by atoms with Crippen LogP contribution in [0.3, 0.4) is 0 Å². The van der Waals surface area contributed by atoms with Gasteiger partial charge >= 0.3 is 0 Å². The van der Waals surface area contributed by atoms with Gasteiger partial charge < -0.3 is 0 Å². The van der Waals surface area contributed by atoms with Crippen molar-refractivity contribution in [1.29, 1.82) is 0 Å². The molecule has 0 N–H and O–H groups in total. The first-order valence-electron chi connectivity index (χ1n) is 1.61. The molecule has 0 aromatic rings. The molecule has 0 heterocycles. The topological polar surface area (TPSA) is 77.5 Å². The molecule has 0 saturated heterocycles. The van der Waals surface area contributed by atoms with E-state index >= 15 is 0 Å². The van der Waals surface area contributed by atoms with Crippen LogP contribution in [0, 0.1) is 6.26 Å². The molecule has 0 spiro atoms. The van der Waals surface area contributed by atoms with E-state index in [0.29, 0.717) is 6.26 Å². The van der Waals surface area contributed by atoms with Crippen LogP contribution in [0.5, 0.6) is 0 Å². The standard InChI is InChI=1S/C2H3O5S2/c1-8(3,4)7-9(2,5)6/h1H3. The molecule has 0 aliphatic rings. The maximum Gasteiger partial charge on any atom is 0.293 e. The van der Waals surface area contributed by atoms with Gasteiger partial charge in [0, 0.05) is 0 Å². The van der Waals surface area contributed by atoms with Crippen molar-refractivity contribution in [2.45, 2.75) is 0 Å². The number of hydrogen-bond acceptors (Lipinski definition) is 5. The van der Waals surface area contributed by atoms with Gasteiger partial charge in [0.25, 0.3) is 20.2 Å². The van der Waals surface area contributed by atoms with Gasteiger partial charge in [-0.05, 0) is 0 Å². The molecule has 0 aromatic carbocycles. The molecule has 0 amide bonds. The molecule has 0 bridgehead atoms. The molecule has 3 radical (unpaired) electrons. The van der Waals surface area contributed by atoms with Crippen LogP contribution in [0.4, 0.5) is 0 Å². The summed E-state index contributed by atoms with van der Waals surface area (Å²) in [7, 11) is -8.68. The zero-order valence-corrected chi connectivity index (χ0v) is 5.99. The lowest BCUT2D eigenvalue weighted by Crippen LogP contribution is -2.07. The molecule has 0 aliphatic heterocycles. The second-order valence-corrected chi connectivity index (χ2v) is 4.09. The normalized spacial score (nSPS) is 13.6. The lowest BCUT2D eigenvalue weighted by atomic mass is 12.0. The molecule has 5 nitrogen and oxygen atoms in total. The van der Waals surface area contributed by atoms with Gasteiger partial charge in [-0.1, -0.05) is 0 Å². The van der Waals surface area contributed by atoms with Crippen LogP contribution in [0.1, 0.15) is 0 Å². The SMILES string of the molecule is [C]S(=O)(=O)OS(C)(=O)=O. The first kappa shape index (κ1) is 8.86. The highest BCUT2D eigenvalue weighted by molar-refractivity contribution is 8.00. The first-order chi connectivity index (χ1) is 3.71. The predicted molar refractivity (Wildman–Crippen MR) is 28.1 cm³/mol. The van der Waals surface area contributed by atoms with Gasteiger partial charge in [-0.2, -0.15) is 16.8 Å². The van der Waals surface area contributed by atoms with Gasteiger partial charge in [-0.25, -0.2) is 0 Å². The summed E-state index contributed by atoms with van der Waals surface area (Å²) < 4.78 is 42.5. The van der Waals surface area contributed by atoms with Crippen molar-refractivity contribution in [3.63, 3.8) is 0 Å². The molecule has 0 saturated carbocycles. The summed E-state index contributed by atoms with van der Waals surface area (Å²) in [6.45, 7) is 0. The second-order valence-electron chi connectivity index (χ2n) is 1.23. The lowest BCUT2D eigenvalue weighted by Gasteiger charge is -1.92. The third-order valence-corrected chi connectivity index (χ3v) is 1.92. The Morgan fingerprint density at radius 1 is 1.22 bits per heavy atom. The van der Waals surface area contributed by atoms with Gasteiger partial charge in [-0.3, -0.25) is 0 Å². The van der Waals surface area contributed by atoms with Crippen LogP contribution in [0.2, 0.25) is 0 Å². The minimum absolute atomic E-state index is 0.541. The van der Waals surface area contributed by atoms with Gasteiger partial charge in [0.15, 0.2) is 6.26 Å². The molecular formula is C2H3O5S2. The van der Waals surface area contributed by atoms with Crippen LogP contribution in [-0.2, 0) is 23.9 Å². The zero-order valence-electron chi connectivity index (χ0n) is 4.36. The van der Waals surface area contributed by atoms with E-state index in [0.717, 1.165) is 0 Å². The van der Waals surface area contributed by atoms with E-state index in [1.807, 2.05) is 0 Å². The fourth-order valence-corrected chi connectivity index (χ4v) is 1.46. The smallest absolute Gasteiger partial charge is 0.199 e. The van der Waals surface area contributed by atoms with Crippen molar-refractivity contribution in [2.75, 3.05) is 6.26 Å². The van der Waals surface area contributed by atoms with Crippen molar-refractivity contribution in [3.8, 4) is 0 Å². The Hall–Kier alpha value is -0.140. The van der Waals surface area contributed by atoms with Gasteiger partial charge in [0.05, 0.1) is 6.26 Å². The fourth-order valence-electron chi connectivity index (χ4n) is 0.163. The van der Waals surface area contributed by atoms with E-state index in [9.17, 15) is 16.8 Å². The maximum atomic E-state index is 9.93. The van der Waals surface area contributed by atoms with Crippen LogP contribution in [0.25, 0.3) is 0 Å². The van der Waals surface area contributed by atoms with Gasteiger partial charge in [0.1, 0.15) is 0 Å². The minimum Gasteiger partial charge on any atom is -0.199 e. The lowest BCUT2D eigenvalue weighted by molar-refractivity contribution is 0.473. The van der Waals surface area contributed by atoms with E-state index in [1.165, 1.54) is 0 Å². The van der Waals surface area contributed by atoms with Crippen molar-refractivity contribution in [3.05, 3.63) is 6.26 Å². The van der Waals surface area contributed by atoms with Crippen molar-refractivity contribution in [2.24, 2.45) is 0 Å². The molecule has 53 valence electrons. The predicted octanol–water partition coefficient (Wildman–Crippen LogP) is -1.16. The summed E-state index contributed by atoms with van der Waals surface area (Å²) in [5, 5.41) is 0. The minimum atomic E-state index is -4.62. The van der Waals surface area contributed by atoms with E-state index in [-0.39, 0.29) is 0 Å². The molecule has 0 aromatic heterocycles. The van der Waals surface area contributed by atoms with Crippen LogP contribution in [-0.4, -0.2) is 23.1 Å². The Bertz CT molecular complexity index is 238. The Morgan fingerprint density at radius 3 is 1.56 bits per heavy atom. The second kappa shape index (κ2) is 2.24. The van der Waals surface area contributed by atoms with E-state index in [1.54, 1.807) is 0 Å². The van der Waals surface area contributed by atoms with Crippen molar-refractivity contribution < 1.29 is 20.5 Å². The average molecular weight is 171 g/mol. The Kier molecular flexibility index (Phi) is 2.20. The van der Waals surface area contributed by atoms with Crippen LogP contribution < -0.4 is 0 Å². The zero-order chi connectivity index (χ0) is 7.71. The van der Waals surface area contributed by atoms with E-state index in [4.69, 9.17) is 6.26 Å². The highest BCUT2D eigenvalue weighted by Crippen LogP contribution is 1.94. The van der Waals surface area contributed by atoms with Crippen LogP contribution in [0.15, 0.2) is 0 Å². The number of hydrogen-bond donors (Lipinski definition) is 0. The third-order valence-electron chi connectivity index (χ3n) is 0.213. The number of rotatable bonds is 2.